The van der Waals surface area contributed by atoms with Crippen molar-refractivity contribution in [3.8, 4) is 5.75 Å². The largest absolute Gasteiger partial charge is 0.489 e. The van der Waals surface area contributed by atoms with Crippen LogP contribution in [0.15, 0.2) is 24.3 Å². The van der Waals surface area contributed by atoms with Crippen LogP contribution in [0.3, 0.4) is 0 Å². The van der Waals surface area contributed by atoms with Crippen molar-refractivity contribution >= 4 is 5.91 Å². The lowest BCUT2D eigenvalue weighted by molar-refractivity contribution is -0.131. The fraction of sp³-hybridized carbons (Fsp3) is 0.533. The van der Waals surface area contributed by atoms with Gasteiger partial charge in [0.15, 0.2) is 11.6 Å². The van der Waals surface area contributed by atoms with Crippen LogP contribution in [0, 0.1) is 11.2 Å². The zero-order valence-corrected chi connectivity index (χ0v) is 12.1. The molecule has 1 aromatic rings. The molecule has 0 aliphatic rings. The van der Waals surface area contributed by atoms with Gasteiger partial charge in [-0.1, -0.05) is 26.0 Å². The van der Waals surface area contributed by atoms with Gasteiger partial charge in [0.1, 0.15) is 6.61 Å². The molecule has 112 valence electrons. The second-order valence-electron chi connectivity index (χ2n) is 4.73. The molecule has 4 nitrogen and oxygen atoms in total. The van der Waals surface area contributed by atoms with Crippen molar-refractivity contribution in [3.05, 3.63) is 30.1 Å². The number of benzene rings is 1. The molecule has 0 saturated heterocycles. The third-order valence-electron chi connectivity index (χ3n) is 3.71. The third kappa shape index (κ3) is 3.93. The second-order valence-corrected chi connectivity index (χ2v) is 4.73. The van der Waals surface area contributed by atoms with Gasteiger partial charge in [-0.2, -0.15) is 0 Å². The Balaban J connectivity index is 2.41. The molecule has 20 heavy (non-hydrogen) atoms. The van der Waals surface area contributed by atoms with Gasteiger partial charge in [0.2, 0.25) is 5.91 Å². The molecule has 0 bridgehead atoms. The number of carbonyl (C=O) groups excluding carboxylic acids is 1. The van der Waals surface area contributed by atoms with E-state index in [0.29, 0.717) is 25.9 Å². The number of nitrogens with one attached hydrogen (secondary N) is 1. The summed E-state index contributed by atoms with van der Waals surface area (Å²) in [5.41, 5.74) is 5.19. The van der Waals surface area contributed by atoms with E-state index in [1.54, 1.807) is 18.2 Å². The number of hydrogen-bond acceptors (Lipinski definition) is 3. The van der Waals surface area contributed by atoms with E-state index in [0.717, 1.165) is 0 Å². The van der Waals surface area contributed by atoms with E-state index in [9.17, 15) is 9.18 Å². The lowest BCUT2D eigenvalue weighted by Crippen LogP contribution is -2.46. The summed E-state index contributed by atoms with van der Waals surface area (Å²) in [7, 11) is 0. The summed E-state index contributed by atoms with van der Waals surface area (Å²) in [6.45, 7) is 4.77. The predicted molar refractivity (Wildman–Crippen MR) is 77.0 cm³/mol. The van der Waals surface area contributed by atoms with Crippen molar-refractivity contribution in [3.63, 3.8) is 0 Å². The van der Waals surface area contributed by atoms with E-state index in [-0.39, 0.29) is 18.3 Å². The maximum absolute atomic E-state index is 13.3. The van der Waals surface area contributed by atoms with Crippen LogP contribution in [-0.4, -0.2) is 25.6 Å². The van der Waals surface area contributed by atoms with Gasteiger partial charge < -0.3 is 15.8 Å². The van der Waals surface area contributed by atoms with E-state index < -0.39 is 11.2 Å². The zero-order valence-electron chi connectivity index (χ0n) is 12.1. The van der Waals surface area contributed by atoms with Gasteiger partial charge in [0.25, 0.3) is 0 Å². The molecular weight excluding hydrogens is 259 g/mol. The van der Waals surface area contributed by atoms with E-state index in [2.05, 4.69) is 5.32 Å². The number of nitrogens with two attached hydrogens (primary N) is 1. The molecule has 1 rings (SSSR count). The maximum Gasteiger partial charge on any atom is 0.227 e. The molecule has 5 heteroatoms. The Morgan fingerprint density at radius 3 is 2.55 bits per heavy atom. The highest BCUT2D eigenvalue weighted by atomic mass is 19.1. The number of hydrogen-bond donors (Lipinski definition) is 2. The zero-order chi connectivity index (χ0) is 15.0. The number of para-hydroxylation sites is 1. The molecule has 0 radical (unpaired) electrons. The first kappa shape index (κ1) is 16.4. The van der Waals surface area contributed by atoms with E-state index >= 15 is 0 Å². The Labute approximate surface area is 119 Å². The minimum atomic E-state index is -0.516. The number of halogens is 1. The number of ether oxygens (including phenoxy) is 1. The standard InChI is InChI=1S/C15H23FN2O2/c1-3-15(4-2,11-17)14(19)18-9-10-20-13-8-6-5-7-12(13)16/h5-8H,3-4,9-11,17H2,1-2H3,(H,18,19). The van der Waals surface area contributed by atoms with Gasteiger partial charge in [-0.15, -0.1) is 0 Å². The highest BCUT2D eigenvalue weighted by molar-refractivity contribution is 5.82. The van der Waals surface area contributed by atoms with Crippen LogP contribution in [0.5, 0.6) is 5.75 Å². The highest BCUT2D eigenvalue weighted by Crippen LogP contribution is 2.24. The molecular formula is C15H23FN2O2. The van der Waals surface area contributed by atoms with E-state index in [1.165, 1.54) is 6.07 Å². The Bertz CT molecular complexity index is 425. The fourth-order valence-electron chi connectivity index (χ4n) is 2.03. The van der Waals surface area contributed by atoms with Gasteiger partial charge in [0, 0.05) is 6.54 Å². The Hall–Kier alpha value is -1.62. The van der Waals surface area contributed by atoms with Crippen LogP contribution in [0.2, 0.25) is 0 Å². The first-order valence-electron chi connectivity index (χ1n) is 6.95. The Morgan fingerprint density at radius 2 is 2.00 bits per heavy atom. The molecule has 1 amide bonds. The Morgan fingerprint density at radius 1 is 1.35 bits per heavy atom. The summed E-state index contributed by atoms with van der Waals surface area (Å²) >= 11 is 0. The molecule has 0 saturated carbocycles. The van der Waals surface area contributed by atoms with E-state index in [1.807, 2.05) is 13.8 Å². The SMILES string of the molecule is CCC(CC)(CN)C(=O)NCCOc1ccccc1F. The molecule has 0 unspecified atom stereocenters. The van der Waals surface area contributed by atoms with Gasteiger partial charge >= 0.3 is 0 Å². The number of rotatable bonds is 8. The molecule has 0 aliphatic heterocycles. The topological polar surface area (TPSA) is 64.4 Å². The monoisotopic (exact) mass is 282 g/mol. The van der Waals surface area contributed by atoms with Crippen LogP contribution in [0.4, 0.5) is 4.39 Å². The van der Waals surface area contributed by atoms with Crippen molar-refractivity contribution in [1.82, 2.24) is 5.32 Å². The van der Waals surface area contributed by atoms with Crippen molar-refractivity contribution < 1.29 is 13.9 Å². The summed E-state index contributed by atoms with van der Waals surface area (Å²) in [5, 5.41) is 2.80. The van der Waals surface area contributed by atoms with Crippen LogP contribution < -0.4 is 15.8 Å². The summed E-state index contributed by atoms with van der Waals surface area (Å²) < 4.78 is 18.6. The van der Waals surface area contributed by atoms with Gasteiger partial charge in [-0.3, -0.25) is 4.79 Å². The van der Waals surface area contributed by atoms with E-state index in [4.69, 9.17) is 10.5 Å². The molecule has 0 fully saturated rings. The quantitative estimate of drug-likeness (QED) is 0.718. The van der Waals surface area contributed by atoms with Crippen LogP contribution in [0.25, 0.3) is 0 Å². The van der Waals surface area contributed by atoms with Crippen molar-refractivity contribution in [1.29, 1.82) is 0 Å². The molecule has 0 aromatic heterocycles. The molecule has 1 aromatic carbocycles. The average molecular weight is 282 g/mol. The first-order chi connectivity index (χ1) is 9.59. The Kier molecular flexibility index (Phi) is 6.45. The fourth-order valence-corrected chi connectivity index (χ4v) is 2.03. The van der Waals surface area contributed by atoms with Gasteiger partial charge in [0.05, 0.1) is 12.0 Å². The number of amides is 1. The normalized spacial score (nSPS) is 11.2. The molecule has 3 N–H and O–H groups in total. The molecule has 0 spiro atoms. The first-order valence-corrected chi connectivity index (χ1v) is 6.95. The average Bonchev–Trinajstić information content (AvgIpc) is 2.48. The summed E-state index contributed by atoms with van der Waals surface area (Å²) in [5.74, 6) is -0.280. The van der Waals surface area contributed by atoms with Gasteiger partial charge in [-0.05, 0) is 25.0 Å². The smallest absolute Gasteiger partial charge is 0.227 e. The number of carbonyl (C=O) groups is 1. The van der Waals surface area contributed by atoms with Crippen molar-refractivity contribution in [2.45, 2.75) is 26.7 Å². The highest BCUT2D eigenvalue weighted by Gasteiger charge is 2.32. The lowest BCUT2D eigenvalue weighted by Gasteiger charge is -2.28. The van der Waals surface area contributed by atoms with Crippen molar-refractivity contribution in [2.24, 2.45) is 11.1 Å². The summed E-state index contributed by atoms with van der Waals surface area (Å²) in [6, 6.07) is 6.19. The minimum Gasteiger partial charge on any atom is -0.489 e. The van der Waals surface area contributed by atoms with Crippen molar-refractivity contribution in [2.75, 3.05) is 19.7 Å². The van der Waals surface area contributed by atoms with Crippen LogP contribution >= 0.6 is 0 Å². The van der Waals surface area contributed by atoms with Crippen LogP contribution in [0.1, 0.15) is 26.7 Å². The maximum atomic E-state index is 13.3. The predicted octanol–water partition coefficient (Wildman–Crippen LogP) is 2.09. The second kappa shape index (κ2) is 7.85. The third-order valence-corrected chi connectivity index (χ3v) is 3.71. The minimum absolute atomic E-state index is 0.0675. The van der Waals surface area contributed by atoms with Crippen LogP contribution in [-0.2, 0) is 4.79 Å². The van der Waals surface area contributed by atoms with Gasteiger partial charge in [-0.25, -0.2) is 4.39 Å². The summed E-state index contributed by atoms with van der Waals surface area (Å²) in [4.78, 5) is 12.1. The molecule has 0 atom stereocenters. The molecule has 0 aliphatic carbocycles. The lowest BCUT2D eigenvalue weighted by atomic mass is 9.81. The molecule has 0 heterocycles. The summed E-state index contributed by atoms with van der Waals surface area (Å²) in [6.07, 6.45) is 1.39.